The minimum Gasteiger partial charge on any atom is -0.387 e. The van der Waals surface area contributed by atoms with E-state index in [1.54, 1.807) is 0 Å². The Morgan fingerprint density at radius 1 is 0.682 bits per heavy atom. The molecule has 1 N–H and O–H groups in total. The molecule has 0 bridgehead atoms. The molecule has 0 aliphatic rings. The third kappa shape index (κ3) is 3.22. The van der Waals surface area contributed by atoms with E-state index in [4.69, 9.17) is 11.6 Å². The third-order valence-corrected chi connectivity index (χ3v) is 3.88. The lowest BCUT2D eigenvalue weighted by Gasteiger charge is -2.23. The monoisotopic (exact) mass is 307 g/mol. The maximum absolute atomic E-state index is 10.9. The van der Waals surface area contributed by atoms with Crippen LogP contribution in [-0.2, 0) is 0 Å². The zero-order valence-electron chi connectivity index (χ0n) is 12.0. The van der Waals surface area contributed by atoms with Crippen molar-refractivity contribution >= 4 is 11.6 Å². The SMILES string of the molecule is OC([C](c1ccccc1)c1ccc(Cl)cc1)c1ccccc1. The molecule has 1 unspecified atom stereocenters. The van der Waals surface area contributed by atoms with Crippen LogP contribution in [0.4, 0.5) is 0 Å². The van der Waals surface area contributed by atoms with E-state index in [9.17, 15) is 5.11 Å². The van der Waals surface area contributed by atoms with Crippen molar-refractivity contribution in [2.24, 2.45) is 0 Å². The summed E-state index contributed by atoms with van der Waals surface area (Å²) in [7, 11) is 0. The van der Waals surface area contributed by atoms with E-state index < -0.39 is 6.10 Å². The van der Waals surface area contributed by atoms with Gasteiger partial charge in [0.1, 0.15) is 0 Å². The molecule has 1 radical (unpaired) electrons. The Hall–Kier alpha value is -2.09. The highest BCUT2D eigenvalue weighted by molar-refractivity contribution is 6.30. The minimum absolute atomic E-state index is 0.686. The van der Waals surface area contributed by atoms with E-state index in [-0.39, 0.29) is 0 Å². The van der Waals surface area contributed by atoms with E-state index in [1.165, 1.54) is 0 Å². The fourth-order valence-electron chi connectivity index (χ4n) is 2.53. The molecule has 3 aromatic carbocycles. The Bertz CT molecular complexity index is 708. The molecule has 1 atom stereocenters. The van der Waals surface area contributed by atoms with Crippen LogP contribution in [0.1, 0.15) is 22.8 Å². The fraction of sp³-hybridized carbons (Fsp3) is 0.0500. The number of hydrogen-bond acceptors (Lipinski definition) is 1. The lowest BCUT2D eigenvalue weighted by molar-refractivity contribution is 0.201. The standard InChI is InChI=1S/C20H16ClO/c21-18-13-11-16(12-14-18)19(15-7-3-1-4-8-15)20(22)17-9-5-2-6-10-17/h1-14,20,22H. The zero-order chi connectivity index (χ0) is 15.4. The summed E-state index contributed by atoms with van der Waals surface area (Å²) in [5.74, 6) is 0.878. The quantitative estimate of drug-likeness (QED) is 0.715. The average molecular weight is 308 g/mol. The molecule has 0 aliphatic carbocycles. The smallest absolute Gasteiger partial charge is 0.0940 e. The molecule has 0 heterocycles. The fourth-order valence-corrected chi connectivity index (χ4v) is 2.66. The number of rotatable bonds is 4. The van der Waals surface area contributed by atoms with Crippen molar-refractivity contribution in [2.75, 3.05) is 0 Å². The van der Waals surface area contributed by atoms with Gasteiger partial charge in [0.2, 0.25) is 0 Å². The van der Waals surface area contributed by atoms with Crippen molar-refractivity contribution in [3.63, 3.8) is 0 Å². The van der Waals surface area contributed by atoms with Gasteiger partial charge in [-0.3, -0.25) is 0 Å². The van der Waals surface area contributed by atoms with Crippen LogP contribution in [0, 0.1) is 5.92 Å². The summed E-state index contributed by atoms with van der Waals surface area (Å²) in [4.78, 5) is 0. The van der Waals surface area contributed by atoms with Crippen molar-refractivity contribution in [2.45, 2.75) is 6.10 Å². The first-order chi connectivity index (χ1) is 10.8. The molecule has 0 aliphatic heterocycles. The van der Waals surface area contributed by atoms with Crippen LogP contribution in [0.5, 0.6) is 0 Å². The molecule has 2 heteroatoms. The molecule has 0 spiro atoms. The second-order valence-corrected chi connectivity index (χ2v) is 5.54. The van der Waals surface area contributed by atoms with Crippen LogP contribution in [-0.4, -0.2) is 5.11 Å². The van der Waals surface area contributed by atoms with Crippen LogP contribution in [0.2, 0.25) is 5.02 Å². The molecular formula is C20H16ClO. The first-order valence-corrected chi connectivity index (χ1v) is 7.55. The lowest BCUT2D eigenvalue weighted by atomic mass is 9.84. The highest BCUT2D eigenvalue weighted by Crippen LogP contribution is 2.36. The molecule has 0 fully saturated rings. The van der Waals surface area contributed by atoms with Crippen LogP contribution in [0.25, 0.3) is 0 Å². The summed E-state index contributed by atoms with van der Waals surface area (Å²) in [6.45, 7) is 0. The summed E-state index contributed by atoms with van der Waals surface area (Å²) < 4.78 is 0. The Labute approximate surface area is 135 Å². The van der Waals surface area contributed by atoms with Gasteiger partial charge < -0.3 is 5.11 Å². The molecule has 0 aromatic heterocycles. The molecular weight excluding hydrogens is 292 g/mol. The summed E-state index contributed by atoms with van der Waals surface area (Å²) >= 11 is 5.99. The first kappa shape index (κ1) is 14.8. The predicted molar refractivity (Wildman–Crippen MR) is 90.7 cm³/mol. The predicted octanol–water partition coefficient (Wildman–Crippen LogP) is 5.04. The number of aliphatic hydroxyl groups is 1. The summed E-state index contributed by atoms with van der Waals surface area (Å²) in [5, 5.41) is 11.6. The zero-order valence-corrected chi connectivity index (χ0v) is 12.7. The van der Waals surface area contributed by atoms with E-state index in [1.807, 2.05) is 84.9 Å². The van der Waals surface area contributed by atoms with E-state index in [0.29, 0.717) is 5.02 Å². The van der Waals surface area contributed by atoms with Gasteiger partial charge >= 0.3 is 0 Å². The van der Waals surface area contributed by atoms with E-state index in [0.717, 1.165) is 22.6 Å². The highest BCUT2D eigenvalue weighted by Gasteiger charge is 2.25. The van der Waals surface area contributed by atoms with Gasteiger partial charge in [-0.05, 0) is 28.8 Å². The Morgan fingerprint density at radius 2 is 1.18 bits per heavy atom. The second kappa shape index (κ2) is 6.78. The minimum atomic E-state index is -0.690. The van der Waals surface area contributed by atoms with Crippen LogP contribution < -0.4 is 0 Å². The van der Waals surface area contributed by atoms with Gasteiger partial charge in [-0.25, -0.2) is 0 Å². The first-order valence-electron chi connectivity index (χ1n) is 7.17. The van der Waals surface area contributed by atoms with Crippen molar-refractivity contribution in [3.05, 3.63) is 113 Å². The maximum Gasteiger partial charge on any atom is 0.0940 e. The Kier molecular flexibility index (Phi) is 4.57. The maximum atomic E-state index is 10.9. The Balaban J connectivity index is 2.05. The van der Waals surface area contributed by atoms with E-state index >= 15 is 0 Å². The average Bonchev–Trinajstić information content (AvgIpc) is 2.58. The second-order valence-electron chi connectivity index (χ2n) is 5.10. The summed E-state index contributed by atoms with van der Waals surface area (Å²) in [5.41, 5.74) is 2.84. The number of hydrogen-bond donors (Lipinski definition) is 1. The normalized spacial score (nSPS) is 12.3. The van der Waals surface area contributed by atoms with Gasteiger partial charge in [-0.15, -0.1) is 0 Å². The van der Waals surface area contributed by atoms with Gasteiger partial charge in [0.15, 0.2) is 0 Å². The molecule has 3 rings (SSSR count). The summed E-state index contributed by atoms with van der Waals surface area (Å²) in [6, 6.07) is 27.2. The van der Waals surface area contributed by atoms with Crippen molar-refractivity contribution in [3.8, 4) is 0 Å². The van der Waals surface area contributed by atoms with Gasteiger partial charge in [-0.2, -0.15) is 0 Å². The molecule has 109 valence electrons. The molecule has 1 nitrogen and oxygen atoms in total. The van der Waals surface area contributed by atoms with Crippen LogP contribution >= 0.6 is 11.6 Å². The molecule has 3 aromatic rings. The topological polar surface area (TPSA) is 20.2 Å². The van der Waals surface area contributed by atoms with Gasteiger partial charge in [0, 0.05) is 5.02 Å². The highest BCUT2D eigenvalue weighted by atomic mass is 35.5. The van der Waals surface area contributed by atoms with Gasteiger partial charge in [0.25, 0.3) is 0 Å². The van der Waals surface area contributed by atoms with Crippen molar-refractivity contribution in [1.82, 2.24) is 0 Å². The van der Waals surface area contributed by atoms with Gasteiger partial charge in [-0.1, -0.05) is 84.4 Å². The summed E-state index contributed by atoms with van der Waals surface area (Å²) in [6.07, 6.45) is -0.690. The lowest BCUT2D eigenvalue weighted by Crippen LogP contribution is -2.13. The number of benzene rings is 3. The molecule has 0 saturated carbocycles. The van der Waals surface area contributed by atoms with Crippen molar-refractivity contribution in [1.29, 1.82) is 0 Å². The van der Waals surface area contributed by atoms with Crippen LogP contribution in [0.3, 0.4) is 0 Å². The number of aliphatic hydroxyl groups excluding tert-OH is 1. The van der Waals surface area contributed by atoms with Crippen LogP contribution in [0.15, 0.2) is 84.9 Å². The van der Waals surface area contributed by atoms with E-state index in [2.05, 4.69) is 0 Å². The molecule has 0 saturated heterocycles. The third-order valence-electron chi connectivity index (χ3n) is 3.63. The largest absolute Gasteiger partial charge is 0.387 e. The molecule has 0 amide bonds. The Morgan fingerprint density at radius 3 is 1.77 bits per heavy atom. The van der Waals surface area contributed by atoms with Crippen molar-refractivity contribution < 1.29 is 5.11 Å². The van der Waals surface area contributed by atoms with Gasteiger partial charge in [0.05, 0.1) is 12.0 Å². The molecule has 22 heavy (non-hydrogen) atoms. The number of halogens is 1.